The van der Waals surface area contributed by atoms with Gasteiger partial charge in [0.15, 0.2) is 0 Å². The molecule has 1 aliphatic rings. The second kappa shape index (κ2) is 8.15. The van der Waals surface area contributed by atoms with Crippen molar-refractivity contribution in [3.8, 4) is 0 Å². The molecule has 1 saturated heterocycles. The highest BCUT2D eigenvalue weighted by Crippen LogP contribution is 2.13. The van der Waals surface area contributed by atoms with Crippen LogP contribution in [0.25, 0.3) is 0 Å². The standard InChI is InChI=1S/C17H27N3O/c1-14(2)18-11-17(21)19-16-9-6-10-20(13-16)12-15-7-4-3-5-8-15/h3-5,7-8,14,16,18H,6,9-13H2,1-2H3,(H,19,21). The van der Waals surface area contributed by atoms with Gasteiger partial charge in [-0.3, -0.25) is 9.69 Å². The molecule has 1 unspecified atom stereocenters. The number of rotatable bonds is 6. The first kappa shape index (κ1) is 16.0. The molecule has 21 heavy (non-hydrogen) atoms. The van der Waals surface area contributed by atoms with Crippen molar-refractivity contribution in [2.75, 3.05) is 19.6 Å². The first-order chi connectivity index (χ1) is 10.1. The zero-order valence-corrected chi connectivity index (χ0v) is 13.1. The maximum absolute atomic E-state index is 11.9. The van der Waals surface area contributed by atoms with Crippen LogP contribution in [0, 0.1) is 0 Å². The van der Waals surface area contributed by atoms with Crippen LogP contribution in [0.15, 0.2) is 30.3 Å². The van der Waals surface area contributed by atoms with Gasteiger partial charge in [0.2, 0.25) is 5.91 Å². The van der Waals surface area contributed by atoms with Crippen LogP contribution in [0.2, 0.25) is 0 Å². The fraction of sp³-hybridized carbons (Fsp3) is 0.588. The van der Waals surface area contributed by atoms with Gasteiger partial charge < -0.3 is 10.6 Å². The third-order valence-electron chi connectivity index (χ3n) is 3.79. The van der Waals surface area contributed by atoms with Crippen LogP contribution in [-0.2, 0) is 11.3 Å². The smallest absolute Gasteiger partial charge is 0.234 e. The van der Waals surface area contributed by atoms with Crippen molar-refractivity contribution in [2.45, 2.75) is 45.3 Å². The number of nitrogens with zero attached hydrogens (tertiary/aromatic N) is 1. The number of nitrogens with one attached hydrogen (secondary N) is 2. The molecule has 0 spiro atoms. The lowest BCUT2D eigenvalue weighted by molar-refractivity contribution is -0.121. The Morgan fingerprint density at radius 3 is 2.81 bits per heavy atom. The molecule has 2 rings (SSSR count). The van der Waals surface area contributed by atoms with Gasteiger partial charge in [0.25, 0.3) is 0 Å². The van der Waals surface area contributed by atoms with Crippen molar-refractivity contribution in [2.24, 2.45) is 0 Å². The first-order valence-electron chi connectivity index (χ1n) is 7.92. The Labute approximate surface area is 127 Å². The Bertz CT molecular complexity index is 433. The average Bonchev–Trinajstić information content (AvgIpc) is 2.46. The molecule has 1 heterocycles. The van der Waals surface area contributed by atoms with Crippen LogP contribution >= 0.6 is 0 Å². The summed E-state index contributed by atoms with van der Waals surface area (Å²) in [5, 5.41) is 6.31. The molecular formula is C17H27N3O. The molecular weight excluding hydrogens is 262 g/mol. The highest BCUT2D eigenvalue weighted by atomic mass is 16.2. The van der Waals surface area contributed by atoms with Crippen molar-refractivity contribution >= 4 is 5.91 Å². The summed E-state index contributed by atoms with van der Waals surface area (Å²) in [6.45, 7) is 7.54. The number of carbonyl (C=O) groups is 1. The maximum atomic E-state index is 11.9. The van der Waals surface area contributed by atoms with Crippen LogP contribution in [0.1, 0.15) is 32.3 Å². The molecule has 1 aliphatic heterocycles. The Morgan fingerprint density at radius 2 is 2.10 bits per heavy atom. The van der Waals surface area contributed by atoms with Crippen molar-refractivity contribution < 1.29 is 4.79 Å². The van der Waals surface area contributed by atoms with E-state index in [0.29, 0.717) is 12.6 Å². The van der Waals surface area contributed by atoms with E-state index in [1.165, 1.54) is 5.56 Å². The molecule has 4 heteroatoms. The van der Waals surface area contributed by atoms with Gasteiger partial charge >= 0.3 is 0 Å². The minimum absolute atomic E-state index is 0.107. The molecule has 2 N–H and O–H groups in total. The molecule has 0 radical (unpaired) electrons. The number of piperidine rings is 1. The second-order valence-corrected chi connectivity index (χ2v) is 6.16. The topological polar surface area (TPSA) is 44.4 Å². The van der Waals surface area contributed by atoms with Gasteiger partial charge in [-0.05, 0) is 24.9 Å². The molecule has 1 amide bonds. The summed E-state index contributed by atoms with van der Waals surface area (Å²) in [5.74, 6) is 0.107. The van der Waals surface area contributed by atoms with Gasteiger partial charge in [-0.25, -0.2) is 0 Å². The van der Waals surface area contributed by atoms with E-state index in [4.69, 9.17) is 0 Å². The predicted molar refractivity (Wildman–Crippen MR) is 86.0 cm³/mol. The van der Waals surface area contributed by atoms with Crippen LogP contribution in [-0.4, -0.2) is 42.5 Å². The number of likely N-dealkylation sites (tertiary alicyclic amines) is 1. The summed E-state index contributed by atoms with van der Waals surface area (Å²) < 4.78 is 0. The lowest BCUT2D eigenvalue weighted by Crippen LogP contribution is -2.49. The van der Waals surface area contributed by atoms with Gasteiger partial charge in [-0.2, -0.15) is 0 Å². The van der Waals surface area contributed by atoms with E-state index in [0.717, 1.165) is 32.5 Å². The van der Waals surface area contributed by atoms with E-state index >= 15 is 0 Å². The van der Waals surface area contributed by atoms with Gasteiger partial charge in [0.1, 0.15) is 0 Å². The van der Waals surface area contributed by atoms with Gasteiger partial charge in [0.05, 0.1) is 6.54 Å². The summed E-state index contributed by atoms with van der Waals surface area (Å²) >= 11 is 0. The normalized spacial score (nSPS) is 19.7. The number of hydrogen-bond acceptors (Lipinski definition) is 3. The SMILES string of the molecule is CC(C)NCC(=O)NC1CCCN(Cc2ccccc2)C1. The molecule has 1 aromatic rings. The summed E-state index contributed by atoms with van der Waals surface area (Å²) in [4.78, 5) is 14.3. The third-order valence-corrected chi connectivity index (χ3v) is 3.79. The minimum Gasteiger partial charge on any atom is -0.351 e. The number of amides is 1. The van der Waals surface area contributed by atoms with E-state index in [-0.39, 0.29) is 11.9 Å². The summed E-state index contributed by atoms with van der Waals surface area (Å²) in [5.41, 5.74) is 1.34. The molecule has 116 valence electrons. The lowest BCUT2D eigenvalue weighted by Gasteiger charge is -2.33. The fourth-order valence-corrected chi connectivity index (χ4v) is 2.73. The molecule has 1 fully saturated rings. The minimum atomic E-state index is 0.107. The molecule has 1 atom stereocenters. The number of hydrogen-bond donors (Lipinski definition) is 2. The van der Waals surface area contributed by atoms with E-state index in [1.807, 2.05) is 6.07 Å². The summed E-state index contributed by atoms with van der Waals surface area (Å²) in [7, 11) is 0. The summed E-state index contributed by atoms with van der Waals surface area (Å²) in [6, 6.07) is 11.2. The average molecular weight is 289 g/mol. The van der Waals surface area contributed by atoms with Gasteiger partial charge in [0, 0.05) is 25.2 Å². The Kier molecular flexibility index (Phi) is 6.21. The van der Waals surface area contributed by atoms with E-state index in [9.17, 15) is 4.79 Å². The molecule has 0 aromatic heterocycles. The van der Waals surface area contributed by atoms with Crippen LogP contribution in [0.4, 0.5) is 0 Å². The Hall–Kier alpha value is -1.39. The molecule has 1 aromatic carbocycles. The zero-order chi connectivity index (χ0) is 15.1. The molecule has 0 bridgehead atoms. The number of benzene rings is 1. The van der Waals surface area contributed by atoms with Crippen LogP contribution in [0.5, 0.6) is 0 Å². The van der Waals surface area contributed by atoms with Crippen LogP contribution in [0.3, 0.4) is 0 Å². The third kappa shape index (κ3) is 5.86. The van der Waals surface area contributed by atoms with Gasteiger partial charge in [-0.15, -0.1) is 0 Å². The van der Waals surface area contributed by atoms with Crippen LogP contribution < -0.4 is 10.6 Å². The highest BCUT2D eigenvalue weighted by Gasteiger charge is 2.21. The molecule has 0 aliphatic carbocycles. The second-order valence-electron chi connectivity index (χ2n) is 6.16. The summed E-state index contributed by atoms with van der Waals surface area (Å²) in [6.07, 6.45) is 2.23. The maximum Gasteiger partial charge on any atom is 0.234 e. The fourth-order valence-electron chi connectivity index (χ4n) is 2.73. The zero-order valence-electron chi connectivity index (χ0n) is 13.1. The molecule has 4 nitrogen and oxygen atoms in total. The van der Waals surface area contributed by atoms with Crippen molar-refractivity contribution in [3.63, 3.8) is 0 Å². The highest BCUT2D eigenvalue weighted by molar-refractivity contribution is 5.78. The van der Waals surface area contributed by atoms with Crippen molar-refractivity contribution in [3.05, 3.63) is 35.9 Å². The molecule has 0 saturated carbocycles. The van der Waals surface area contributed by atoms with E-state index < -0.39 is 0 Å². The largest absolute Gasteiger partial charge is 0.351 e. The lowest BCUT2D eigenvalue weighted by atomic mass is 10.0. The van der Waals surface area contributed by atoms with Crippen molar-refractivity contribution in [1.29, 1.82) is 0 Å². The first-order valence-corrected chi connectivity index (χ1v) is 7.92. The quantitative estimate of drug-likeness (QED) is 0.839. The van der Waals surface area contributed by atoms with E-state index in [1.54, 1.807) is 0 Å². The number of carbonyl (C=O) groups excluding carboxylic acids is 1. The monoisotopic (exact) mass is 289 g/mol. The Balaban J connectivity index is 1.76. The van der Waals surface area contributed by atoms with Gasteiger partial charge in [-0.1, -0.05) is 44.2 Å². The Morgan fingerprint density at radius 1 is 1.33 bits per heavy atom. The predicted octanol–water partition coefficient (Wildman–Crippen LogP) is 1.77. The van der Waals surface area contributed by atoms with Crippen molar-refractivity contribution in [1.82, 2.24) is 15.5 Å². The van der Waals surface area contributed by atoms with E-state index in [2.05, 4.69) is 53.6 Å².